The average Bonchev–Trinajstić information content (AvgIpc) is 3.36. The maximum atomic E-state index is 12.9. The zero-order chi connectivity index (χ0) is 24.6. The van der Waals surface area contributed by atoms with Gasteiger partial charge in [0, 0.05) is 18.9 Å². The van der Waals surface area contributed by atoms with Gasteiger partial charge in [0.25, 0.3) is 0 Å². The fraction of sp³-hybridized carbons (Fsp3) is 0.375. The zero-order valence-electron chi connectivity index (χ0n) is 18.9. The lowest BCUT2D eigenvalue weighted by molar-refractivity contribution is -0.143. The number of carboxylic acid groups (broad SMARTS) is 1. The number of alkyl halides is 1. The highest BCUT2D eigenvalue weighted by atomic mass is 32.1. The fourth-order valence-electron chi connectivity index (χ4n) is 3.91. The highest BCUT2D eigenvalue weighted by molar-refractivity contribution is 7.15. The number of aliphatic carboxylic acids is 1. The lowest BCUT2D eigenvalue weighted by atomic mass is 9.82. The molecule has 1 saturated carbocycles. The minimum Gasteiger partial charge on any atom is -0.481 e. The number of pyridine rings is 2. The molecule has 0 aliphatic heterocycles. The molecule has 3 aromatic heterocycles. The van der Waals surface area contributed by atoms with E-state index in [1.807, 2.05) is 12.1 Å². The number of carbonyl (C=O) groups is 2. The van der Waals surface area contributed by atoms with E-state index < -0.39 is 18.7 Å². The molecule has 3 N–H and O–H groups in total. The Hall–Kier alpha value is -3.60. The van der Waals surface area contributed by atoms with Crippen molar-refractivity contribution < 1.29 is 23.8 Å². The van der Waals surface area contributed by atoms with Crippen molar-refractivity contribution in [3.8, 4) is 10.6 Å². The molecule has 9 nitrogen and oxygen atoms in total. The van der Waals surface area contributed by atoms with Crippen molar-refractivity contribution in [2.45, 2.75) is 39.0 Å². The van der Waals surface area contributed by atoms with Crippen molar-refractivity contribution >= 4 is 35.0 Å². The Morgan fingerprint density at radius 1 is 1.14 bits per heavy atom. The topological polar surface area (TPSA) is 126 Å². The Kier molecular flexibility index (Phi) is 8.19. The van der Waals surface area contributed by atoms with Gasteiger partial charge in [-0.2, -0.15) is 0 Å². The summed E-state index contributed by atoms with van der Waals surface area (Å²) in [6.45, 7) is -0.0521. The first-order valence-corrected chi connectivity index (χ1v) is 12.2. The quantitative estimate of drug-likeness (QED) is 0.378. The molecule has 0 bridgehead atoms. The third-order valence-corrected chi connectivity index (χ3v) is 6.84. The van der Waals surface area contributed by atoms with Gasteiger partial charge in [0.2, 0.25) is 0 Å². The van der Waals surface area contributed by atoms with Crippen LogP contribution in [0.2, 0.25) is 0 Å². The molecular weight excluding hydrogens is 473 g/mol. The Morgan fingerprint density at radius 3 is 2.74 bits per heavy atom. The van der Waals surface area contributed by atoms with Crippen LogP contribution in [0.5, 0.6) is 0 Å². The smallest absolute Gasteiger partial charge is 0.407 e. The van der Waals surface area contributed by atoms with Crippen molar-refractivity contribution in [3.05, 3.63) is 53.3 Å². The second kappa shape index (κ2) is 11.7. The molecule has 184 valence electrons. The van der Waals surface area contributed by atoms with Crippen LogP contribution in [0.1, 0.15) is 36.3 Å². The molecular formula is C24H26FN5O4S. The summed E-state index contributed by atoms with van der Waals surface area (Å²) < 4.78 is 18.2. The molecule has 0 unspecified atom stereocenters. The van der Waals surface area contributed by atoms with Gasteiger partial charge in [-0.3, -0.25) is 4.79 Å². The Morgan fingerprint density at radius 2 is 1.97 bits per heavy atom. The summed E-state index contributed by atoms with van der Waals surface area (Å²) in [6, 6.07) is 8.72. The summed E-state index contributed by atoms with van der Waals surface area (Å²) in [6.07, 6.45) is 5.55. The van der Waals surface area contributed by atoms with Crippen LogP contribution in [0.15, 0.2) is 42.7 Å². The molecule has 3 aromatic rings. The lowest BCUT2D eigenvalue weighted by Gasteiger charge is -2.25. The first-order chi connectivity index (χ1) is 17.0. The van der Waals surface area contributed by atoms with Crippen LogP contribution in [0.25, 0.3) is 10.6 Å². The first-order valence-electron chi connectivity index (χ1n) is 11.3. The van der Waals surface area contributed by atoms with Crippen LogP contribution in [0, 0.1) is 11.8 Å². The normalized spacial score (nSPS) is 17.5. The molecule has 1 fully saturated rings. The van der Waals surface area contributed by atoms with Gasteiger partial charge in [-0.25, -0.2) is 24.1 Å². The van der Waals surface area contributed by atoms with Crippen LogP contribution >= 0.6 is 11.3 Å². The average molecular weight is 500 g/mol. The minimum absolute atomic E-state index is 0.0418. The van der Waals surface area contributed by atoms with Crippen LogP contribution < -0.4 is 10.6 Å². The number of nitrogens with zero attached hydrogens (tertiary/aromatic N) is 3. The van der Waals surface area contributed by atoms with E-state index in [-0.39, 0.29) is 18.4 Å². The zero-order valence-corrected chi connectivity index (χ0v) is 19.8. The minimum atomic E-state index is -0.739. The van der Waals surface area contributed by atoms with E-state index in [0.29, 0.717) is 47.3 Å². The molecule has 0 aromatic carbocycles. The van der Waals surface area contributed by atoms with Gasteiger partial charge in [-0.1, -0.05) is 6.07 Å². The maximum absolute atomic E-state index is 12.9. The number of nitrogens with one attached hydrogen (secondary N) is 2. The number of hydrogen-bond donors (Lipinski definition) is 3. The Labute approximate surface area is 205 Å². The van der Waals surface area contributed by atoms with E-state index in [9.17, 15) is 14.0 Å². The van der Waals surface area contributed by atoms with Crippen LogP contribution in [-0.4, -0.2) is 38.7 Å². The largest absolute Gasteiger partial charge is 0.481 e. The van der Waals surface area contributed by atoms with Crippen molar-refractivity contribution in [1.82, 2.24) is 20.3 Å². The SMILES string of the molecule is O=C(NC[C@H]1CC[C@H](C(=O)O)CC1)OCc1ncc(-c2cccc(Nc3cc(CF)ccn3)n2)s1. The van der Waals surface area contributed by atoms with Crippen molar-refractivity contribution in [2.75, 3.05) is 11.9 Å². The second-order valence-corrected chi connectivity index (χ2v) is 9.46. The number of carboxylic acids is 1. The molecule has 0 saturated heterocycles. The molecule has 0 atom stereocenters. The van der Waals surface area contributed by atoms with Crippen molar-refractivity contribution in [2.24, 2.45) is 11.8 Å². The van der Waals surface area contributed by atoms with Gasteiger partial charge in [0.1, 0.15) is 29.9 Å². The maximum Gasteiger partial charge on any atom is 0.407 e. The molecule has 4 rings (SSSR count). The summed E-state index contributed by atoms with van der Waals surface area (Å²) in [7, 11) is 0. The highest BCUT2D eigenvalue weighted by Gasteiger charge is 2.26. The predicted molar refractivity (Wildman–Crippen MR) is 129 cm³/mol. The van der Waals surface area contributed by atoms with Crippen LogP contribution in [0.3, 0.4) is 0 Å². The van der Waals surface area contributed by atoms with Crippen LogP contribution in [-0.2, 0) is 22.8 Å². The van der Waals surface area contributed by atoms with Gasteiger partial charge < -0.3 is 20.5 Å². The molecule has 3 heterocycles. The van der Waals surface area contributed by atoms with Gasteiger partial charge >= 0.3 is 12.1 Å². The summed E-state index contributed by atoms with van der Waals surface area (Å²) in [5, 5.41) is 15.5. The molecule has 11 heteroatoms. The van der Waals surface area contributed by atoms with E-state index in [1.54, 1.807) is 24.4 Å². The van der Waals surface area contributed by atoms with E-state index in [4.69, 9.17) is 9.84 Å². The van der Waals surface area contributed by atoms with Gasteiger partial charge in [-0.05, 0) is 61.4 Å². The molecule has 0 radical (unpaired) electrons. The fourth-order valence-corrected chi connectivity index (χ4v) is 4.71. The number of anilines is 2. The standard InChI is InChI=1S/C24H26FN5O4S/c25-11-16-8-9-26-21(10-16)30-20-3-1-2-18(29-20)19-13-27-22(35-19)14-34-24(33)28-12-15-4-6-17(7-5-15)23(31)32/h1-3,8-10,13,15,17H,4-7,11-12,14H2,(H,28,33)(H,31,32)(H,26,29,30)/t15-,17-. The predicted octanol–water partition coefficient (Wildman–Crippen LogP) is 4.93. The molecule has 0 spiro atoms. The Balaban J connectivity index is 1.26. The van der Waals surface area contributed by atoms with Crippen molar-refractivity contribution in [1.29, 1.82) is 0 Å². The van der Waals surface area contributed by atoms with Crippen LogP contribution in [0.4, 0.5) is 20.8 Å². The van der Waals surface area contributed by atoms with E-state index in [2.05, 4.69) is 25.6 Å². The number of halogens is 1. The van der Waals surface area contributed by atoms with E-state index in [0.717, 1.165) is 17.7 Å². The molecule has 1 aliphatic rings. The number of amides is 1. The molecule has 1 amide bonds. The summed E-state index contributed by atoms with van der Waals surface area (Å²) in [5.74, 6) is 0.328. The first kappa shape index (κ1) is 24.5. The number of hydrogen-bond acceptors (Lipinski definition) is 8. The number of rotatable bonds is 9. The van der Waals surface area contributed by atoms with Gasteiger partial charge in [0.05, 0.1) is 16.5 Å². The summed E-state index contributed by atoms with van der Waals surface area (Å²) in [5.41, 5.74) is 1.22. The number of alkyl carbamates (subject to hydrolysis) is 1. The molecule has 35 heavy (non-hydrogen) atoms. The number of thiazole rings is 1. The Bertz CT molecular complexity index is 1170. The van der Waals surface area contributed by atoms with Gasteiger partial charge in [-0.15, -0.1) is 11.3 Å². The van der Waals surface area contributed by atoms with E-state index in [1.165, 1.54) is 17.5 Å². The van der Waals surface area contributed by atoms with E-state index >= 15 is 0 Å². The van der Waals surface area contributed by atoms with Gasteiger partial charge in [0.15, 0.2) is 0 Å². The van der Waals surface area contributed by atoms with Crippen molar-refractivity contribution in [3.63, 3.8) is 0 Å². The number of ether oxygens (including phenoxy) is 1. The monoisotopic (exact) mass is 499 g/mol. The number of carbonyl (C=O) groups excluding carboxylic acids is 1. The molecule has 1 aliphatic carbocycles. The third-order valence-electron chi connectivity index (χ3n) is 5.85. The second-order valence-electron chi connectivity index (χ2n) is 8.35. The third kappa shape index (κ3) is 6.95. The highest BCUT2D eigenvalue weighted by Crippen LogP contribution is 2.29. The number of aromatic nitrogens is 3. The lowest BCUT2D eigenvalue weighted by Crippen LogP contribution is -2.32. The summed E-state index contributed by atoms with van der Waals surface area (Å²) in [4.78, 5) is 37.0. The summed E-state index contributed by atoms with van der Waals surface area (Å²) >= 11 is 1.37.